The Morgan fingerprint density at radius 2 is 1.12 bits per heavy atom. The first kappa shape index (κ1) is 113. The van der Waals surface area contributed by atoms with E-state index in [9.17, 15) is 63.3 Å². The zero-order chi connectivity index (χ0) is 105. The Morgan fingerprint density at radius 1 is 0.559 bits per heavy atom. The van der Waals surface area contributed by atoms with Crippen molar-refractivity contribution in [1.82, 2.24) is 87.2 Å². The van der Waals surface area contributed by atoms with Crippen molar-refractivity contribution < 1.29 is 106 Å². The number of aliphatic hydroxyl groups is 1. The fourth-order valence-electron chi connectivity index (χ4n) is 17.9. The number of likely N-dealkylation sites (N-methyl/N-ethyl adjacent to an activating group) is 3. The number of nitrogens with one attached hydrogen (secondary N) is 12. The topological polar surface area (TPSA) is 659 Å². The molecule has 143 heavy (non-hydrogen) atoms. The lowest BCUT2D eigenvalue weighted by atomic mass is 9.99. The predicted octanol–water partition coefficient (Wildman–Crippen LogP) is -2.09. The number of thioether (sulfide) groups is 1. The van der Waals surface area contributed by atoms with E-state index in [-0.39, 0.29) is 95.4 Å². The standard InChI is InChI=1S/C97H135N21O24S/c1-12-14-26-72-90(134)106-63(36-51(3)4)87(131)112-70(85(129)103-45-77(100)122)49-143-50-78(123)104-66(38-54-30-32-57(119)33-31-54)93(137)113(8)53(7)84(128)108-68(42-76(99)121)95(139)117-35-21-29-73(117)91(135)111-69(44-102-80-81(126)82(127)83(80)142-11)89(133)109-65(37-52(5)6)96(140)118-47-58(120)41-75(118)92(136)107-64(39-55-43-101-61-24-18-16-22-59(55)61)88(132)105-62(25-20-34-98)86(130)110-67(94(138)115(10)74(27-15-13-2)97(141)114(72)9)40-56-46-116(48-79(124)125)71-28-19-17-23-60(56)71/h16-19,22-24,28,30-33,43,46,51-53,58,62-70,72-75,101-102,119-120H,12-15,20-21,25-27,29,34-42,44-45,47-50,98H2,1-11H3,(H2,99,121)(H2,100,122)(H,103,129)(H,104,123)(H,105,132)(H,106,134)(H,107,136)(H,108,128)(H,109,133)(H,110,130)(H,111,135)(H,112,131)(H,124,125)/t53-,58+,62-,63-,64-,65-,66-,67-,68-,69-,70-,72-,73-,74-,75-/m0/s1. The van der Waals surface area contributed by atoms with Crippen molar-refractivity contribution in [2.45, 2.75) is 255 Å². The van der Waals surface area contributed by atoms with Crippen molar-refractivity contribution in [3.63, 3.8) is 0 Å². The third-order valence-electron chi connectivity index (χ3n) is 25.6. The van der Waals surface area contributed by atoms with Gasteiger partial charge in [0.25, 0.3) is 10.9 Å². The number of amides is 17. The molecule has 0 radical (unpaired) electrons. The molecule has 0 spiro atoms. The highest BCUT2D eigenvalue weighted by molar-refractivity contribution is 8.00. The molecule has 9 rings (SSSR count). The number of carbonyl (C=O) groups is 18. The normalized spacial score (nSPS) is 24.1. The number of benzene rings is 3. The Hall–Kier alpha value is -14.1. The molecule has 3 saturated heterocycles. The number of H-pyrrole nitrogens is 1. The Balaban J connectivity index is 1.14. The number of ether oxygens (including phenoxy) is 1. The number of phenols is 1. The van der Waals surface area contributed by atoms with Gasteiger partial charge in [-0.3, -0.25) is 95.9 Å². The fraction of sp³-hybridized carbons (Fsp3) is 0.546. The lowest BCUT2D eigenvalue weighted by Gasteiger charge is -2.36. The first-order valence-corrected chi connectivity index (χ1v) is 49.2. The molecule has 0 aliphatic carbocycles. The maximum absolute atomic E-state index is 16.1. The Morgan fingerprint density at radius 3 is 1.77 bits per heavy atom. The van der Waals surface area contributed by atoms with E-state index in [0.717, 1.165) is 43.4 Å². The van der Waals surface area contributed by atoms with Crippen molar-refractivity contribution in [3.05, 3.63) is 122 Å². The molecule has 5 heterocycles. The molecule has 46 heteroatoms. The molecule has 6 aromatic rings. The highest BCUT2D eigenvalue weighted by atomic mass is 32.2. The predicted molar refractivity (Wildman–Crippen MR) is 527 cm³/mol. The summed E-state index contributed by atoms with van der Waals surface area (Å²) in [6.07, 6.45) is 0.410. The molecule has 778 valence electrons. The third-order valence-corrected chi connectivity index (χ3v) is 26.7. The van der Waals surface area contributed by atoms with Gasteiger partial charge in [0.05, 0.1) is 31.9 Å². The molecule has 0 unspecified atom stereocenters. The minimum Gasteiger partial charge on any atom is -0.508 e. The Bertz CT molecular complexity index is 5680. The summed E-state index contributed by atoms with van der Waals surface area (Å²) in [7, 11) is 4.98. The van der Waals surface area contributed by atoms with E-state index in [1.165, 1.54) is 63.1 Å². The summed E-state index contributed by atoms with van der Waals surface area (Å²) in [5.41, 5.74) is 17.1. The monoisotopic (exact) mass is 2010 g/mol. The van der Waals surface area contributed by atoms with E-state index in [1.54, 1.807) is 82.4 Å². The van der Waals surface area contributed by atoms with Gasteiger partial charge in [-0.1, -0.05) is 116 Å². The molecule has 17 amide bonds. The molecule has 45 nitrogen and oxygen atoms in total. The van der Waals surface area contributed by atoms with Crippen molar-refractivity contribution in [1.29, 1.82) is 0 Å². The lowest BCUT2D eigenvalue weighted by Crippen LogP contribution is -2.61. The number of aromatic hydroxyl groups is 1. The van der Waals surface area contributed by atoms with Crippen LogP contribution in [0.25, 0.3) is 21.8 Å². The lowest BCUT2D eigenvalue weighted by molar-refractivity contribution is -0.149. The van der Waals surface area contributed by atoms with Crippen molar-refractivity contribution in [2.75, 3.05) is 77.8 Å². The number of nitrogens with zero attached hydrogens (tertiary/aromatic N) is 6. The number of primary amides is 2. The zero-order valence-corrected chi connectivity index (χ0v) is 83.1. The van der Waals surface area contributed by atoms with Gasteiger partial charge in [0.2, 0.25) is 100 Å². The van der Waals surface area contributed by atoms with Crippen LogP contribution in [0.15, 0.2) is 94.8 Å². The number of phenolic OH excluding ortho intramolecular Hbond substituents is 1. The highest BCUT2D eigenvalue weighted by Crippen LogP contribution is 2.30. The van der Waals surface area contributed by atoms with Gasteiger partial charge in [0.15, 0.2) is 5.75 Å². The van der Waals surface area contributed by atoms with Gasteiger partial charge in [0, 0.05) is 106 Å². The second-order valence-corrected chi connectivity index (χ2v) is 38.4. The molecule has 3 aliphatic rings. The summed E-state index contributed by atoms with van der Waals surface area (Å²) in [6, 6.07) is -3.19. The first-order valence-electron chi connectivity index (χ1n) is 48.0. The number of hydrogen-bond acceptors (Lipinski definition) is 26. The number of fused-ring (bicyclic) bond motifs is 4. The summed E-state index contributed by atoms with van der Waals surface area (Å²) in [5, 5.41) is 62.4. The van der Waals surface area contributed by atoms with Crippen LogP contribution in [-0.4, -0.2) is 319 Å². The van der Waals surface area contributed by atoms with Gasteiger partial charge in [-0.05, 0) is 118 Å². The molecular formula is C97H135N21O24S. The minimum atomic E-state index is -1.85. The number of nitrogens with two attached hydrogens (primary N) is 3. The molecule has 15 atom stereocenters. The van der Waals surface area contributed by atoms with E-state index in [0.29, 0.717) is 64.2 Å². The highest BCUT2D eigenvalue weighted by Gasteiger charge is 2.47. The van der Waals surface area contributed by atoms with E-state index in [1.807, 2.05) is 13.8 Å². The van der Waals surface area contributed by atoms with Gasteiger partial charge in [-0.25, -0.2) is 0 Å². The van der Waals surface area contributed by atoms with Crippen LogP contribution in [0.2, 0.25) is 0 Å². The van der Waals surface area contributed by atoms with Crippen LogP contribution < -0.4 is 91.3 Å². The largest absolute Gasteiger partial charge is 0.508 e. The van der Waals surface area contributed by atoms with Gasteiger partial charge in [0.1, 0.15) is 103 Å². The van der Waals surface area contributed by atoms with E-state index >= 15 is 47.9 Å². The van der Waals surface area contributed by atoms with Crippen LogP contribution in [0, 0.1) is 11.8 Å². The average Bonchev–Trinajstić information content (AvgIpc) is 1.78. The Kier molecular flexibility index (Phi) is 41.4. The number of carbonyl (C=O) groups excluding carboxylic acids is 17. The van der Waals surface area contributed by atoms with Crippen molar-refractivity contribution in [2.24, 2.45) is 29.0 Å². The number of unbranched alkanes of at least 4 members (excludes halogenated alkanes) is 2. The first-order chi connectivity index (χ1) is 67.9. The third kappa shape index (κ3) is 30.3. The molecule has 0 bridgehead atoms. The number of rotatable bonds is 30. The number of methoxy groups -OCH3 is 1. The van der Waals surface area contributed by atoms with Crippen molar-refractivity contribution in [3.8, 4) is 11.5 Å². The molecule has 4 aromatic carbocycles. The molecule has 0 saturated carbocycles. The average molecular weight is 2010 g/mol. The number of anilines is 1. The minimum absolute atomic E-state index is 0.0111. The van der Waals surface area contributed by atoms with Gasteiger partial charge < -0.3 is 130 Å². The van der Waals surface area contributed by atoms with E-state index in [2.05, 4.69) is 63.5 Å². The van der Waals surface area contributed by atoms with Crippen molar-refractivity contribution >= 4 is 146 Å². The summed E-state index contributed by atoms with van der Waals surface area (Å²) in [4.78, 5) is 300. The number of hydrogen-bond donors (Lipinski definition) is 18. The quantitative estimate of drug-likeness (QED) is 0.0215. The molecular weight excluding hydrogens is 1880 g/mol. The Labute approximate surface area is 830 Å². The van der Waals surface area contributed by atoms with Crippen LogP contribution >= 0.6 is 11.8 Å². The molecule has 3 aliphatic heterocycles. The number of aliphatic hydroxyl groups excluding tert-OH is 1. The number of carboxylic acid groups (broad SMARTS) is 1. The van der Waals surface area contributed by atoms with Crippen LogP contribution in [0.4, 0.5) is 5.69 Å². The summed E-state index contributed by atoms with van der Waals surface area (Å²) in [5.74, 6) is -20.1. The second-order valence-electron chi connectivity index (χ2n) is 37.4. The number of carboxylic acids is 1. The van der Waals surface area contributed by atoms with Crippen LogP contribution in [0.1, 0.15) is 155 Å². The second kappa shape index (κ2) is 52.6. The number of para-hydroxylation sites is 2. The summed E-state index contributed by atoms with van der Waals surface area (Å²) in [6.45, 7) is 9.01. The van der Waals surface area contributed by atoms with Crippen LogP contribution in [0.5, 0.6) is 11.5 Å². The van der Waals surface area contributed by atoms with Crippen LogP contribution in [0.3, 0.4) is 0 Å². The molecule has 21 N–H and O–H groups in total. The summed E-state index contributed by atoms with van der Waals surface area (Å²) >= 11 is 0.768. The summed E-state index contributed by atoms with van der Waals surface area (Å²) < 4.78 is 6.58. The fourth-order valence-corrected chi connectivity index (χ4v) is 18.7. The number of aromatic amines is 1. The molecule has 3 fully saturated rings. The van der Waals surface area contributed by atoms with E-state index < -0.39 is 276 Å². The number of aliphatic carboxylic acids is 1. The maximum atomic E-state index is 16.1. The van der Waals surface area contributed by atoms with Gasteiger partial charge in [-0.15, -0.1) is 11.8 Å². The molecule has 2 aromatic heterocycles. The SMILES string of the molecule is CCCC[C@H]1C(=O)N(C)[C@@H](CCCC)C(=O)N[C@@H](CC(C)C)C(=O)N[C@H](C(=O)NCC(N)=O)CSCC(=O)N[C@@H](Cc2ccc(O)cc2)C(=O)N(C)[C@@H](C)C(=O)N[C@@H](CC(N)=O)C(=O)N2CCC[C@H]2C(=O)N[C@@H](CNc2c(OC)c(=O)c2=O)C(=O)N[C@@H](CC(C)C)C(=O)N2C[C@H](O)C[C@H]2C(=O)N[C@@H](Cc2c[nH]c3ccccc23)C(=O)N[C@@H](CCCN)C(=O)N[C@@H](Cc2cn(CC(=O)O)c3ccccc23)C(=O)N1C. The van der Waals surface area contributed by atoms with E-state index in [4.69, 9.17) is 21.9 Å². The number of aromatic nitrogens is 2. The van der Waals surface area contributed by atoms with Gasteiger partial charge >= 0.3 is 5.97 Å². The van der Waals surface area contributed by atoms with Gasteiger partial charge in [-0.2, -0.15) is 0 Å². The van der Waals surface area contributed by atoms with Crippen LogP contribution in [-0.2, 0) is 112 Å². The zero-order valence-electron chi connectivity index (χ0n) is 82.3. The smallest absolute Gasteiger partial charge is 0.323 e. The maximum Gasteiger partial charge on any atom is 0.323 e.